The van der Waals surface area contributed by atoms with E-state index in [0.29, 0.717) is 41.6 Å². The number of carbonyl (C=O) groups is 1. The van der Waals surface area contributed by atoms with Gasteiger partial charge in [0, 0.05) is 60.0 Å². The molecule has 1 unspecified atom stereocenters. The molecule has 320 valence electrons. The number of aliphatic carboxylic acids is 1. The third kappa shape index (κ3) is 15.4. The van der Waals surface area contributed by atoms with Gasteiger partial charge in [0.25, 0.3) is 0 Å². The predicted molar refractivity (Wildman–Crippen MR) is 213 cm³/mol. The number of fused-ring (bicyclic) bond motifs is 2. The van der Waals surface area contributed by atoms with Gasteiger partial charge in [0.2, 0.25) is 5.36 Å². The standard InChI is InChI=1S/C39H52N2O14S3.2Na/c1-38(2,3)32-26-29(55-35-25-28(11-13-31(32)35)40(18-21-53-5)17-8-24-57(47,48)49)9-6-10-36-39(4,16-7-23-56(44,45)46)33-27-30(58(50,51)52)12-14-34(33)41(36)19-22-54-20-15-37(42)43;;/h6,9-14,25-27H,7-8,15-24H2,1-5H3,(H3-,42,43,44,45,46,47,48,49,50,51,52);;/q;2*+1/p-2. The molecule has 1 aromatic rings. The van der Waals surface area contributed by atoms with Gasteiger partial charge in [0.1, 0.15) is 34.8 Å². The number of benzene rings is 2. The van der Waals surface area contributed by atoms with Gasteiger partial charge in [-0.15, -0.1) is 0 Å². The van der Waals surface area contributed by atoms with Gasteiger partial charge in [0.05, 0.1) is 50.8 Å². The van der Waals surface area contributed by atoms with Crippen LogP contribution in [0.3, 0.4) is 0 Å². The molecule has 0 spiro atoms. The summed E-state index contributed by atoms with van der Waals surface area (Å²) in [5, 5.41) is 9.77. The molecule has 0 saturated carbocycles. The summed E-state index contributed by atoms with van der Waals surface area (Å²) in [7, 11) is -12.3. The Morgan fingerprint density at radius 3 is 2.18 bits per heavy atom. The van der Waals surface area contributed by atoms with Gasteiger partial charge >= 0.3 is 65.1 Å². The first kappa shape index (κ1) is 54.2. The third-order valence-electron chi connectivity index (χ3n) is 9.83. The van der Waals surface area contributed by atoms with Crippen LogP contribution in [-0.4, -0.2) is 108 Å². The Balaban J connectivity index is 0.00000620. The number of nitrogens with zero attached hydrogens (tertiary/aromatic N) is 2. The molecule has 0 radical (unpaired) electrons. The maximum absolute atomic E-state index is 12.1. The van der Waals surface area contributed by atoms with Crippen LogP contribution < -0.4 is 73.9 Å². The van der Waals surface area contributed by atoms with Crippen LogP contribution in [0, 0.1) is 0 Å². The van der Waals surface area contributed by atoms with Gasteiger partial charge in [-0.25, -0.2) is 29.8 Å². The summed E-state index contributed by atoms with van der Waals surface area (Å²) in [5.74, 6) is -1.24. The Hall–Kier alpha value is -1.95. The Labute approximate surface area is 396 Å². The van der Waals surface area contributed by atoms with Crippen molar-refractivity contribution in [1.82, 2.24) is 4.58 Å². The van der Waals surface area contributed by atoms with Crippen molar-refractivity contribution in [3.05, 3.63) is 82.6 Å². The van der Waals surface area contributed by atoms with Crippen molar-refractivity contribution in [3.8, 4) is 11.3 Å². The van der Waals surface area contributed by atoms with E-state index < -0.39 is 58.1 Å². The van der Waals surface area contributed by atoms with Crippen LogP contribution in [0.5, 0.6) is 0 Å². The zero-order chi connectivity index (χ0) is 43.1. The van der Waals surface area contributed by atoms with E-state index in [0.717, 1.165) is 16.5 Å². The molecular weight excluding hydrogens is 863 g/mol. The summed E-state index contributed by atoms with van der Waals surface area (Å²) < 4.78 is 124. The molecule has 60 heavy (non-hydrogen) atoms. The first-order valence-corrected chi connectivity index (χ1v) is 23.1. The van der Waals surface area contributed by atoms with E-state index in [2.05, 4.69) is 20.8 Å². The molecule has 1 atom stereocenters. The summed E-state index contributed by atoms with van der Waals surface area (Å²) in [4.78, 5) is 12.4. The zero-order valence-electron chi connectivity index (χ0n) is 35.1. The van der Waals surface area contributed by atoms with Crippen LogP contribution in [0.1, 0.15) is 70.3 Å². The maximum Gasteiger partial charge on any atom is 1.00 e. The van der Waals surface area contributed by atoms with E-state index in [9.17, 15) is 43.7 Å². The molecule has 2 heterocycles. The third-order valence-corrected chi connectivity index (χ3v) is 12.2. The van der Waals surface area contributed by atoms with Gasteiger partial charge in [0.15, 0.2) is 6.54 Å². The van der Waals surface area contributed by atoms with Crippen LogP contribution in [0.4, 0.5) is 5.69 Å². The summed E-state index contributed by atoms with van der Waals surface area (Å²) in [6.45, 7) is 9.13. The number of carboxylic acid groups (broad SMARTS) is 1. The van der Waals surface area contributed by atoms with Crippen molar-refractivity contribution in [1.29, 1.82) is 0 Å². The van der Waals surface area contributed by atoms with Gasteiger partial charge in [-0.05, 0) is 78.8 Å². The van der Waals surface area contributed by atoms with Gasteiger partial charge < -0.3 is 37.6 Å². The number of hydrogen-bond donors (Lipinski definition) is 1. The second kappa shape index (κ2) is 22.6. The van der Waals surface area contributed by atoms with Crippen molar-refractivity contribution < 1.29 is 122 Å². The van der Waals surface area contributed by atoms with E-state index in [1.165, 1.54) is 18.2 Å². The molecule has 0 aromatic heterocycles. The van der Waals surface area contributed by atoms with Crippen molar-refractivity contribution in [2.75, 3.05) is 63.0 Å². The number of allylic oxidation sites excluding steroid dienone is 3. The fraction of sp³-hybridized carbons (Fsp3) is 0.487. The van der Waals surface area contributed by atoms with Crippen molar-refractivity contribution in [2.24, 2.45) is 0 Å². The van der Waals surface area contributed by atoms with Crippen molar-refractivity contribution in [2.45, 2.75) is 69.1 Å². The van der Waals surface area contributed by atoms with E-state index in [1.807, 2.05) is 33.7 Å². The molecule has 3 aliphatic rings. The van der Waals surface area contributed by atoms with E-state index in [-0.39, 0.29) is 117 Å². The zero-order valence-corrected chi connectivity index (χ0v) is 41.6. The molecule has 4 rings (SSSR count). The topological polar surface area (TPSA) is 247 Å². The number of anilines is 1. The monoisotopic (exact) mass is 912 g/mol. The quantitative estimate of drug-likeness (QED) is 0.0531. The van der Waals surface area contributed by atoms with Gasteiger partial charge in [-0.1, -0.05) is 26.8 Å². The predicted octanol–water partition coefficient (Wildman–Crippen LogP) is -2.56. The summed E-state index contributed by atoms with van der Waals surface area (Å²) in [6.07, 6.45) is 5.07. The molecule has 0 amide bonds. The van der Waals surface area contributed by atoms with Crippen LogP contribution in [0.2, 0.25) is 0 Å². The molecule has 1 aromatic carbocycles. The number of hydrogen-bond acceptors (Lipinski definition) is 14. The van der Waals surface area contributed by atoms with Crippen molar-refractivity contribution in [3.63, 3.8) is 0 Å². The number of methoxy groups -OCH3 is 1. The van der Waals surface area contributed by atoms with Crippen LogP contribution in [0.15, 0.2) is 69.6 Å². The Morgan fingerprint density at radius 1 is 0.917 bits per heavy atom. The SMILES string of the molecule is COCC[N+](CCCS(=O)(=O)[O-])=c1ccc2c(C(C)(C)C)cc(/C=C/C=C3/N(CCOCCC(=O)O)c4ccc(S(=O)(=O)[O-])cc4C3(C)CCCS(=O)(=O)[O-])oc-2c1.[Na+].[Na+]. The fourth-order valence-electron chi connectivity index (χ4n) is 7.04. The normalized spacial score (nSPS) is 17.1. The molecule has 0 fully saturated rings. The molecular formula is C39H50N2Na2O14S3. The second-order valence-electron chi connectivity index (χ2n) is 15.2. The van der Waals surface area contributed by atoms with Gasteiger partial charge in [-0.3, -0.25) is 4.79 Å². The minimum Gasteiger partial charge on any atom is -0.748 e. The molecule has 1 N–H and O–H groups in total. The second-order valence-corrected chi connectivity index (χ2v) is 19.7. The summed E-state index contributed by atoms with van der Waals surface area (Å²) >= 11 is 0. The summed E-state index contributed by atoms with van der Waals surface area (Å²) in [5.41, 5.74) is 1.85. The van der Waals surface area contributed by atoms with E-state index >= 15 is 0 Å². The molecule has 0 bridgehead atoms. The summed E-state index contributed by atoms with van der Waals surface area (Å²) in [6, 6.07) is 11.5. The molecule has 1 aliphatic carbocycles. The minimum absolute atomic E-state index is 0. The Kier molecular flexibility index (Phi) is 20.4. The first-order valence-electron chi connectivity index (χ1n) is 18.5. The largest absolute Gasteiger partial charge is 1.00 e. The van der Waals surface area contributed by atoms with E-state index in [4.69, 9.17) is 19.0 Å². The number of rotatable bonds is 20. The number of carboxylic acids is 1. The Morgan fingerprint density at radius 2 is 1.58 bits per heavy atom. The molecule has 2 aliphatic heterocycles. The maximum atomic E-state index is 12.1. The number of ether oxygens (including phenoxy) is 2. The first-order chi connectivity index (χ1) is 26.9. The Bertz CT molecular complexity index is 2410. The van der Waals surface area contributed by atoms with Crippen LogP contribution in [-0.2, 0) is 55.5 Å². The molecule has 21 heteroatoms. The van der Waals surface area contributed by atoms with E-state index in [1.54, 1.807) is 32.3 Å². The van der Waals surface area contributed by atoms with Gasteiger partial charge in [-0.2, -0.15) is 0 Å². The fourth-order valence-corrected chi connectivity index (χ4v) is 8.52. The van der Waals surface area contributed by atoms with Crippen molar-refractivity contribution >= 4 is 48.1 Å². The van der Waals surface area contributed by atoms with Crippen LogP contribution in [0.25, 0.3) is 17.4 Å². The average Bonchev–Trinajstić information content (AvgIpc) is 3.33. The molecule has 0 saturated heterocycles. The average molecular weight is 913 g/mol. The van der Waals surface area contributed by atoms with Crippen LogP contribution >= 0.6 is 0 Å². The minimum atomic E-state index is -4.88. The smallest absolute Gasteiger partial charge is 0.748 e. The molecule has 16 nitrogen and oxygen atoms in total.